The minimum Gasteiger partial charge on any atom is -0.392 e. The Morgan fingerprint density at radius 1 is 1.12 bits per heavy atom. The second-order valence-electron chi connectivity index (χ2n) is 6.67. The highest BCUT2D eigenvalue weighted by Gasteiger charge is 2.29. The molecule has 1 unspecified atom stereocenters. The molecule has 0 radical (unpaired) electrons. The molecular formula is C15H30O2. The van der Waals surface area contributed by atoms with E-state index in [1.807, 2.05) is 0 Å². The largest absolute Gasteiger partial charge is 0.392 e. The maximum atomic E-state index is 10.4. The summed E-state index contributed by atoms with van der Waals surface area (Å²) in [5, 5.41) is 9.92. The molecule has 0 aromatic heterocycles. The van der Waals surface area contributed by atoms with Gasteiger partial charge in [-0.05, 0) is 30.1 Å². The van der Waals surface area contributed by atoms with Crippen LogP contribution in [0.25, 0.3) is 0 Å². The monoisotopic (exact) mass is 242 g/mol. The van der Waals surface area contributed by atoms with Crippen LogP contribution in [0.4, 0.5) is 0 Å². The zero-order chi connectivity index (χ0) is 13.5. The summed E-state index contributed by atoms with van der Waals surface area (Å²) in [4.78, 5) is 10.4. The molecule has 0 saturated carbocycles. The zero-order valence-corrected chi connectivity index (χ0v) is 12.3. The number of rotatable bonds is 9. The number of aldehydes is 1. The molecule has 0 aromatic rings. The summed E-state index contributed by atoms with van der Waals surface area (Å²) in [5.41, 5.74) is 0.179. The fraction of sp³-hybridized carbons (Fsp3) is 0.933. The van der Waals surface area contributed by atoms with Crippen molar-refractivity contribution < 1.29 is 9.90 Å². The summed E-state index contributed by atoms with van der Waals surface area (Å²) in [6.07, 6.45) is 6.38. The fourth-order valence-corrected chi connectivity index (χ4v) is 2.02. The summed E-state index contributed by atoms with van der Waals surface area (Å²) in [6, 6.07) is 0. The van der Waals surface area contributed by atoms with Gasteiger partial charge in [-0.3, -0.25) is 0 Å². The molecule has 17 heavy (non-hydrogen) atoms. The molecule has 0 bridgehead atoms. The first-order chi connectivity index (χ1) is 7.75. The summed E-state index contributed by atoms with van der Waals surface area (Å²) >= 11 is 0. The topological polar surface area (TPSA) is 37.3 Å². The number of carbonyl (C=O) groups is 1. The van der Waals surface area contributed by atoms with Crippen LogP contribution in [0.1, 0.15) is 73.1 Å². The van der Waals surface area contributed by atoms with Crippen molar-refractivity contribution in [1.82, 2.24) is 0 Å². The van der Waals surface area contributed by atoms with Crippen LogP contribution in [0.3, 0.4) is 0 Å². The fourth-order valence-electron chi connectivity index (χ4n) is 2.02. The molecule has 1 N–H and O–H groups in total. The Kier molecular flexibility index (Phi) is 6.99. The molecule has 0 heterocycles. The molecular weight excluding hydrogens is 212 g/mol. The van der Waals surface area contributed by atoms with Crippen molar-refractivity contribution in [2.24, 2.45) is 10.8 Å². The second-order valence-corrected chi connectivity index (χ2v) is 6.67. The molecule has 102 valence electrons. The number of hydrogen-bond donors (Lipinski definition) is 1. The zero-order valence-electron chi connectivity index (χ0n) is 12.3. The molecule has 1 atom stereocenters. The highest BCUT2D eigenvalue weighted by Crippen LogP contribution is 2.36. The summed E-state index contributed by atoms with van der Waals surface area (Å²) in [7, 11) is 0. The van der Waals surface area contributed by atoms with Crippen LogP contribution in [0, 0.1) is 10.8 Å². The summed E-state index contributed by atoms with van der Waals surface area (Å²) < 4.78 is 0. The van der Waals surface area contributed by atoms with Crippen LogP contribution >= 0.6 is 0 Å². The van der Waals surface area contributed by atoms with Crippen molar-refractivity contribution in [3.05, 3.63) is 0 Å². The van der Waals surface area contributed by atoms with Crippen molar-refractivity contribution in [3.63, 3.8) is 0 Å². The smallest absolute Gasteiger partial charge is 0.122 e. The minimum absolute atomic E-state index is 0.162. The third-order valence-corrected chi connectivity index (χ3v) is 3.87. The van der Waals surface area contributed by atoms with E-state index in [9.17, 15) is 9.90 Å². The maximum Gasteiger partial charge on any atom is 0.122 e. The van der Waals surface area contributed by atoms with Crippen LogP contribution in [0.5, 0.6) is 0 Å². The van der Waals surface area contributed by atoms with Gasteiger partial charge in [-0.25, -0.2) is 0 Å². The highest BCUT2D eigenvalue weighted by molar-refractivity contribution is 5.50. The molecule has 0 amide bonds. The van der Waals surface area contributed by atoms with E-state index in [2.05, 4.69) is 34.6 Å². The van der Waals surface area contributed by atoms with Gasteiger partial charge in [-0.2, -0.15) is 0 Å². The number of unbranched alkanes of at least 4 members (excludes halogenated alkanes) is 1. The third kappa shape index (κ3) is 6.82. The first-order valence-corrected chi connectivity index (χ1v) is 6.87. The molecule has 0 fully saturated rings. The molecule has 0 spiro atoms. The Morgan fingerprint density at radius 3 is 2.18 bits per heavy atom. The van der Waals surface area contributed by atoms with Crippen molar-refractivity contribution in [2.45, 2.75) is 79.2 Å². The summed E-state index contributed by atoms with van der Waals surface area (Å²) in [5.74, 6) is 0. The Hall–Kier alpha value is -0.370. The lowest BCUT2D eigenvalue weighted by molar-refractivity contribution is -0.111. The Labute approximate surface area is 107 Å². The lowest BCUT2D eigenvalue weighted by Crippen LogP contribution is -2.31. The van der Waals surface area contributed by atoms with E-state index < -0.39 is 6.10 Å². The normalized spacial score (nSPS) is 14.7. The predicted octanol–water partition coefficient (Wildman–Crippen LogP) is 3.96. The predicted molar refractivity (Wildman–Crippen MR) is 73.0 cm³/mol. The maximum absolute atomic E-state index is 10.4. The van der Waals surface area contributed by atoms with Gasteiger partial charge in [0.25, 0.3) is 0 Å². The molecule has 0 aliphatic heterocycles. The van der Waals surface area contributed by atoms with E-state index in [4.69, 9.17) is 0 Å². The van der Waals surface area contributed by atoms with Crippen molar-refractivity contribution in [2.75, 3.05) is 0 Å². The SMILES string of the molecule is CCCCC(C)(C)CCC(C)(C)C(O)CC=O. The van der Waals surface area contributed by atoms with E-state index in [0.29, 0.717) is 5.41 Å². The standard InChI is InChI=1S/C15H30O2/c1-6-7-9-14(2,3)10-11-15(4,5)13(17)8-12-16/h12-13,17H,6-11H2,1-5H3. The van der Waals surface area contributed by atoms with E-state index in [1.165, 1.54) is 19.3 Å². The average molecular weight is 242 g/mol. The van der Waals surface area contributed by atoms with E-state index in [-0.39, 0.29) is 11.8 Å². The van der Waals surface area contributed by atoms with Crippen LogP contribution in [0.15, 0.2) is 0 Å². The van der Waals surface area contributed by atoms with Crippen molar-refractivity contribution in [1.29, 1.82) is 0 Å². The van der Waals surface area contributed by atoms with Gasteiger partial charge in [-0.15, -0.1) is 0 Å². The van der Waals surface area contributed by atoms with Crippen LogP contribution in [-0.4, -0.2) is 17.5 Å². The first kappa shape index (κ1) is 16.6. The number of aliphatic hydroxyl groups excluding tert-OH is 1. The van der Waals surface area contributed by atoms with E-state index in [1.54, 1.807) is 0 Å². The van der Waals surface area contributed by atoms with Crippen LogP contribution in [0.2, 0.25) is 0 Å². The number of aliphatic hydroxyl groups is 1. The average Bonchev–Trinajstić information content (AvgIpc) is 2.24. The van der Waals surface area contributed by atoms with Crippen LogP contribution in [-0.2, 0) is 4.79 Å². The van der Waals surface area contributed by atoms with E-state index in [0.717, 1.165) is 19.1 Å². The quantitative estimate of drug-likeness (QED) is 0.621. The first-order valence-electron chi connectivity index (χ1n) is 6.87. The van der Waals surface area contributed by atoms with E-state index >= 15 is 0 Å². The van der Waals surface area contributed by atoms with Gasteiger partial charge >= 0.3 is 0 Å². The van der Waals surface area contributed by atoms with Crippen molar-refractivity contribution >= 4 is 6.29 Å². The molecule has 0 rings (SSSR count). The second kappa shape index (κ2) is 7.15. The van der Waals surface area contributed by atoms with Gasteiger partial charge in [0, 0.05) is 6.42 Å². The molecule has 0 aliphatic carbocycles. The van der Waals surface area contributed by atoms with Crippen molar-refractivity contribution in [3.8, 4) is 0 Å². The van der Waals surface area contributed by atoms with Gasteiger partial charge in [0.2, 0.25) is 0 Å². The molecule has 2 heteroatoms. The Bertz CT molecular complexity index is 219. The number of hydrogen-bond acceptors (Lipinski definition) is 2. The molecule has 0 saturated heterocycles. The van der Waals surface area contributed by atoms with Crippen LogP contribution < -0.4 is 0 Å². The Morgan fingerprint density at radius 2 is 1.71 bits per heavy atom. The molecule has 0 aliphatic rings. The van der Waals surface area contributed by atoms with Gasteiger partial charge in [0.05, 0.1) is 6.10 Å². The Balaban J connectivity index is 4.19. The molecule has 0 aromatic carbocycles. The third-order valence-electron chi connectivity index (χ3n) is 3.87. The summed E-state index contributed by atoms with van der Waals surface area (Å²) in [6.45, 7) is 10.9. The minimum atomic E-state index is -0.512. The van der Waals surface area contributed by atoms with Gasteiger partial charge in [0.15, 0.2) is 0 Å². The van der Waals surface area contributed by atoms with Gasteiger partial charge in [0.1, 0.15) is 6.29 Å². The number of carbonyl (C=O) groups excluding carboxylic acids is 1. The molecule has 2 nitrogen and oxygen atoms in total. The lowest BCUT2D eigenvalue weighted by Gasteiger charge is -2.34. The lowest BCUT2D eigenvalue weighted by atomic mass is 9.74. The van der Waals surface area contributed by atoms with Gasteiger partial charge in [-0.1, -0.05) is 47.5 Å². The van der Waals surface area contributed by atoms with Gasteiger partial charge < -0.3 is 9.90 Å². The highest BCUT2D eigenvalue weighted by atomic mass is 16.3.